The molecule has 0 spiro atoms. The molecule has 86 valence electrons. The van der Waals surface area contributed by atoms with Crippen LogP contribution in [0.25, 0.3) is 0 Å². The van der Waals surface area contributed by atoms with Gasteiger partial charge in [0, 0.05) is 0 Å². The zero-order valence-electron chi connectivity index (χ0n) is 9.80. The lowest BCUT2D eigenvalue weighted by Crippen LogP contribution is -2.02. The molecule has 0 heterocycles. The number of aliphatic imine (C=N–C) groups is 1. The molecule has 0 radical (unpaired) electrons. The van der Waals surface area contributed by atoms with Crippen LogP contribution in [0.1, 0.15) is 28.4 Å². The minimum absolute atomic E-state index is 0.322. The van der Waals surface area contributed by atoms with Crippen molar-refractivity contribution in [2.75, 3.05) is 7.11 Å². The summed E-state index contributed by atoms with van der Waals surface area (Å²) in [6.07, 6.45) is 0. The Morgan fingerprint density at radius 2 is 1.81 bits per heavy atom. The molecular formula is C12H14BrNO2. The summed E-state index contributed by atoms with van der Waals surface area (Å²) in [4.78, 5) is 15.8. The van der Waals surface area contributed by atoms with Gasteiger partial charge in [0.15, 0.2) is 0 Å². The lowest BCUT2D eigenvalue weighted by molar-refractivity contribution is 0.0600. The topological polar surface area (TPSA) is 38.7 Å². The lowest BCUT2D eigenvalue weighted by atomic mass is 10.0. The van der Waals surface area contributed by atoms with Crippen LogP contribution in [0.4, 0.5) is 5.69 Å². The van der Waals surface area contributed by atoms with Crippen molar-refractivity contribution >= 4 is 32.2 Å². The molecule has 0 saturated heterocycles. The molecule has 0 amide bonds. The van der Waals surface area contributed by atoms with Crippen molar-refractivity contribution in [3.8, 4) is 0 Å². The van der Waals surface area contributed by atoms with Gasteiger partial charge < -0.3 is 4.74 Å². The van der Waals surface area contributed by atoms with Crippen molar-refractivity contribution in [3.05, 3.63) is 28.8 Å². The molecule has 0 atom stereocenters. The minimum Gasteiger partial charge on any atom is -0.465 e. The van der Waals surface area contributed by atoms with Gasteiger partial charge in [-0.25, -0.2) is 9.79 Å². The molecule has 0 aromatic heterocycles. The summed E-state index contributed by atoms with van der Waals surface area (Å²) < 4.78 is 5.49. The van der Waals surface area contributed by atoms with Crippen molar-refractivity contribution in [2.45, 2.75) is 20.8 Å². The second-order valence-corrected chi connectivity index (χ2v) is 4.71. The second-order valence-electron chi connectivity index (χ2n) is 3.56. The maximum absolute atomic E-state index is 11.4. The van der Waals surface area contributed by atoms with Crippen molar-refractivity contribution < 1.29 is 9.53 Å². The molecule has 1 rings (SSSR count). The molecule has 0 unspecified atom stereocenters. The summed E-state index contributed by atoms with van der Waals surface area (Å²) in [7, 11) is 1.38. The van der Waals surface area contributed by atoms with Gasteiger partial charge in [-0.2, -0.15) is 0 Å². The number of aryl methyl sites for hydroxylation is 2. The van der Waals surface area contributed by atoms with E-state index in [9.17, 15) is 4.79 Å². The van der Waals surface area contributed by atoms with Gasteiger partial charge in [-0.05, 0) is 60.0 Å². The Hall–Kier alpha value is -1.16. The predicted molar refractivity (Wildman–Crippen MR) is 69.0 cm³/mol. The lowest BCUT2D eigenvalue weighted by Gasteiger charge is -2.08. The Balaban J connectivity index is 3.28. The first-order valence-corrected chi connectivity index (χ1v) is 5.65. The highest BCUT2D eigenvalue weighted by Gasteiger charge is 2.10. The van der Waals surface area contributed by atoms with E-state index in [-0.39, 0.29) is 5.97 Å². The fraction of sp³-hybridized carbons (Fsp3) is 0.333. The monoisotopic (exact) mass is 283 g/mol. The number of nitrogens with zero attached hydrogens (tertiary/aromatic N) is 1. The summed E-state index contributed by atoms with van der Waals surface area (Å²) in [5.41, 5.74) is 3.36. The minimum atomic E-state index is -0.322. The molecule has 3 nitrogen and oxygen atoms in total. The Bertz CT molecular complexity index is 425. The van der Waals surface area contributed by atoms with Gasteiger partial charge in [-0.1, -0.05) is 0 Å². The first-order chi connectivity index (χ1) is 7.45. The van der Waals surface area contributed by atoms with E-state index < -0.39 is 0 Å². The van der Waals surface area contributed by atoms with Crippen molar-refractivity contribution in [2.24, 2.45) is 4.99 Å². The van der Waals surface area contributed by atoms with Gasteiger partial charge in [0.25, 0.3) is 0 Å². The fourth-order valence-electron chi connectivity index (χ4n) is 1.52. The van der Waals surface area contributed by atoms with Crippen molar-refractivity contribution in [1.82, 2.24) is 0 Å². The highest BCUT2D eigenvalue weighted by molar-refractivity contribution is 9.18. The molecule has 0 aliphatic carbocycles. The first kappa shape index (κ1) is 12.9. The van der Waals surface area contributed by atoms with Gasteiger partial charge in [0.2, 0.25) is 0 Å². The molecule has 0 aliphatic rings. The van der Waals surface area contributed by atoms with Crippen LogP contribution in [0.3, 0.4) is 0 Å². The smallest absolute Gasteiger partial charge is 0.337 e. The number of hydrogen-bond acceptors (Lipinski definition) is 3. The van der Waals surface area contributed by atoms with E-state index in [2.05, 4.69) is 25.7 Å². The van der Waals surface area contributed by atoms with Crippen molar-refractivity contribution in [3.63, 3.8) is 0 Å². The number of carbonyl (C=O) groups excluding carboxylic acids is 1. The third-order valence-electron chi connectivity index (χ3n) is 2.18. The van der Waals surface area contributed by atoms with Gasteiger partial charge in [-0.3, -0.25) is 0 Å². The number of hydrogen-bond donors (Lipinski definition) is 0. The Labute approximate surface area is 104 Å². The third-order valence-corrected chi connectivity index (χ3v) is 2.36. The van der Waals surface area contributed by atoms with Crippen LogP contribution in [-0.4, -0.2) is 17.7 Å². The zero-order valence-corrected chi connectivity index (χ0v) is 11.4. The molecular weight excluding hydrogens is 270 g/mol. The van der Waals surface area contributed by atoms with Gasteiger partial charge in [0.1, 0.15) is 0 Å². The number of rotatable bonds is 2. The number of benzene rings is 1. The third kappa shape index (κ3) is 2.92. The molecule has 0 aliphatic heterocycles. The summed E-state index contributed by atoms with van der Waals surface area (Å²) in [5, 5.41) is 0. The van der Waals surface area contributed by atoms with Gasteiger partial charge >= 0.3 is 5.97 Å². The van der Waals surface area contributed by atoms with E-state index >= 15 is 0 Å². The number of halogens is 1. The standard InChI is InChI=1S/C12H14BrNO2/c1-7-5-10(12(15)16-4)6-8(2)11(7)14-9(3)13/h5-6H,1-4H3. The number of esters is 1. The van der Waals surface area contributed by atoms with Crippen LogP contribution in [0.5, 0.6) is 0 Å². The van der Waals surface area contributed by atoms with Crippen LogP contribution in [-0.2, 0) is 4.74 Å². The van der Waals surface area contributed by atoms with Crippen LogP contribution >= 0.6 is 15.9 Å². The molecule has 16 heavy (non-hydrogen) atoms. The van der Waals surface area contributed by atoms with Crippen LogP contribution in [0.15, 0.2) is 17.1 Å². The van der Waals surface area contributed by atoms with E-state index in [0.717, 1.165) is 21.4 Å². The normalized spacial score (nSPS) is 11.4. The van der Waals surface area contributed by atoms with E-state index in [1.807, 2.05) is 20.8 Å². The zero-order chi connectivity index (χ0) is 12.3. The maximum atomic E-state index is 11.4. The Morgan fingerprint density at radius 3 is 2.19 bits per heavy atom. The SMILES string of the molecule is COC(=O)c1cc(C)c(N=C(C)Br)c(C)c1. The second kappa shape index (κ2) is 5.25. The summed E-state index contributed by atoms with van der Waals surface area (Å²) in [5.74, 6) is -0.322. The maximum Gasteiger partial charge on any atom is 0.337 e. The number of ether oxygens (including phenoxy) is 1. The molecule has 1 aromatic carbocycles. The van der Waals surface area contributed by atoms with Crippen molar-refractivity contribution in [1.29, 1.82) is 0 Å². The molecule has 0 fully saturated rings. The molecule has 0 saturated carbocycles. The summed E-state index contributed by atoms with van der Waals surface area (Å²) in [6.45, 7) is 5.72. The fourth-order valence-corrected chi connectivity index (χ4v) is 1.70. The van der Waals surface area contributed by atoms with E-state index in [1.54, 1.807) is 12.1 Å². The van der Waals surface area contributed by atoms with E-state index in [1.165, 1.54) is 7.11 Å². The average molecular weight is 284 g/mol. The predicted octanol–water partition coefficient (Wildman–Crippen LogP) is 3.53. The quantitative estimate of drug-likeness (QED) is 0.615. The Morgan fingerprint density at radius 1 is 1.31 bits per heavy atom. The first-order valence-electron chi connectivity index (χ1n) is 4.86. The van der Waals surface area contributed by atoms with Gasteiger partial charge in [0.05, 0.1) is 23.0 Å². The molecule has 0 N–H and O–H groups in total. The molecule has 0 bridgehead atoms. The highest BCUT2D eigenvalue weighted by Crippen LogP contribution is 2.26. The number of carbonyl (C=O) groups is 1. The van der Waals surface area contributed by atoms with Crippen LogP contribution in [0, 0.1) is 13.8 Å². The van der Waals surface area contributed by atoms with E-state index in [0.29, 0.717) is 5.56 Å². The van der Waals surface area contributed by atoms with E-state index in [4.69, 9.17) is 0 Å². The van der Waals surface area contributed by atoms with Crippen LogP contribution in [0.2, 0.25) is 0 Å². The Kier molecular flexibility index (Phi) is 4.24. The summed E-state index contributed by atoms with van der Waals surface area (Å²) >= 11 is 3.30. The molecule has 1 aromatic rings. The average Bonchev–Trinajstić information content (AvgIpc) is 2.21. The highest BCUT2D eigenvalue weighted by atomic mass is 79.9. The largest absolute Gasteiger partial charge is 0.465 e. The summed E-state index contributed by atoms with van der Waals surface area (Å²) in [6, 6.07) is 3.57. The van der Waals surface area contributed by atoms with Crippen LogP contribution < -0.4 is 0 Å². The van der Waals surface area contributed by atoms with Gasteiger partial charge in [-0.15, -0.1) is 0 Å². The molecule has 4 heteroatoms. The number of methoxy groups -OCH3 is 1.